The molecular formula is C22H19F3N2O4S. The molecule has 1 unspecified atom stereocenters. The number of aromatic nitrogens is 1. The van der Waals surface area contributed by atoms with Gasteiger partial charge in [-0.3, -0.25) is 4.79 Å². The quantitative estimate of drug-likeness (QED) is 0.470. The standard InChI is InChI=1S/C22H19F3N2O4S/c1-13(21-27-18(12-32-21)14-3-7-16(30-2)8-4-14)20(29)26-15-5-9-17(10-6-15)31-11-19(28)22(23,24)25/h3-10,12,19,28H,1,11H2,2H3,(H,26,29). The van der Waals surface area contributed by atoms with Crippen molar-refractivity contribution in [2.45, 2.75) is 12.3 Å². The number of amides is 1. The lowest BCUT2D eigenvalue weighted by Gasteiger charge is -2.15. The fourth-order valence-electron chi connectivity index (χ4n) is 2.51. The molecule has 3 rings (SSSR count). The summed E-state index contributed by atoms with van der Waals surface area (Å²) in [5.74, 6) is 0.372. The second-order valence-corrected chi connectivity index (χ2v) is 7.45. The topological polar surface area (TPSA) is 80.7 Å². The fourth-order valence-corrected chi connectivity index (χ4v) is 3.31. The van der Waals surface area contributed by atoms with Crippen molar-refractivity contribution >= 4 is 28.5 Å². The van der Waals surface area contributed by atoms with Gasteiger partial charge >= 0.3 is 6.18 Å². The molecule has 3 aromatic rings. The molecule has 0 aliphatic heterocycles. The summed E-state index contributed by atoms with van der Waals surface area (Å²) in [5.41, 5.74) is 2.13. The lowest BCUT2D eigenvalue weighted by Crippen LogP contribution is -2.34. The monoisotopic (exact) mass is 464 g/mol. The summed E-state index contributed by atoms with van der Waals surface area (Å²) >= 11 is 1.28. The summed E-state index contributed by atoms with van der Waals surface area (Å²) in [6, 6.07) is 13.0. The van der Waals surface area contributed by atoms with Gasteiger partial charge in [-0.05, 0) is 48.5 Å². The van der Waals surface area contributed by atoms with Crippen LogP contribution in [0.25, 0.3) is 16.8 Å². The van der Waals surface area contributed by atoms with Gasteiger partial charge in [0.2, 0.25) is 0 Å². The van der Waals surface area contributed by atoms with E-state index in [1.54, 1.807) is 7.11 Å². The molecule has 0 spiro atoms. The number of anilines is 1. The van der Waals surface area contributed by atoms with Crippen LogP contribution in [0.15, 0.2) is 60.5 Å². The Labute approximate surface area is 185 Å². The molecule has 1 aromatic heterocycles. The zero-order chi connectivity index (χ0) is 23.3. The minimum atomic E-state index is -4.75. The van der Waals surface area contributed by atoms with E-state index in [1.807, 2.05) is 29.6 Å². The Hall–Kier alpha value is -3.37. The number of thiazole rings is 1. The van der Waals surface area contributed by atoms with E-state index in [0.717, 1.165) is 11.3 Å². The molecule has 2 aromatic carbocycles. The first-order valence-corrected chi connectivity index (χ1v) is 10.1. The van der Waals surface area contributed by atoms with Gasteiger partial charge < -0.3 is 19.9 Å². The zero-order valence-corrected chi connectivity index (χ0v) is 17.7. The van der Waals surface area contributed by atoms with Crippen LogP contribution in [-0.2, 0) is 4.79 Å². The van der Waals surface area contributed by atoms with Crippen LogP contribution in [0.4, 0.5) is 18.9 Å². The van der Waals surface area contributed by atoms with Gasteiger partial charge in [0.15, 0.2) is 6.10 Å². The van der Waals surface area contributed by atoms with Crippen molar-refractivity contribution in [2.75, 3.05) is 19.0 Å². The molecule has 6 nitrogen and oxygen atoms in total. The van der Waals surface area contributed by atoms with Crippen LogP contribution in [0.5, 0.6) is 11.5 Å². The van der Waals surface area contributed by atoms with Crippen molar-refractivity contribution in [3.05, 3.63) is 65.5 Å². The van der Waals surface area contributed by atoms with Crippen molar-refractivity contribution < 1.29 is 32.5 Å². The average molecular weight is 464 g/mol. The number of carbonyl (C=O) groups is 1. The van der Waals surface area contributed by atoms with Gasteiger partial charge in [0, 0.05) is 16.6 Å². The Morgan fingerprint density at radius 1 is 1.16 bits per heavy atom. The number of benzene rings is 2. The number of rotatable bonds is 8. The van der Waals surface area contributed by atoms with Crippen molar-refractivity contribution in [3.63, 3.8) is 0 Å². The van der Waals surface area contributed by atoms with Gasteiger partial charge in [0.05, 0.1) is 18.4 Å². The summed E-state index contributed by atoms with van der Waals surface area (Å²) in [6.45, 7) is 2.88. The number of nitrogens with one attached hydrogen (secondary N) is 1. The maximum atomic E-state index is 12.5. The number of ether oxygens (including phenoxy) is 2. The molecule has 1 amide bonds. The summed E-state index contributed by atoms with van der Waals surface area (Å²) < 4.78 is 47.0. The van der Waals surface area contributed by atoms with Crippen molar-refractivity contribution in [1.29, 1.82) is 0 Å². The van der Waals surface area contributed by atoms with Gasteiger partial charge in [0.25, 0.3) is 5.91 Å². The number of methoxy groups -OCH3 is 1. The fraction of sp³-hybridized carbons (Fsp3) is 0.182. The van der Waals surface area contributed by atoms with E-state index in [1.165, 1.54) is 35.6 Å². The van der Waals surface area contributed by atoms with E-state index < -0.39 is 24.8 Å². The molecular weight excluding hydrogens is 445 g/mol. The molecule has 0 saturated carbocycles. The van der Waals surface area contributed by atoms with E-state index in [0.29, 0.717) is 16.4 Å². The Morgan fingerprint density at radius 3 is 2.38 bits per heavy atom. The Morgan fingerprint density at radius 2 is 1.78 bits per heavy atom. The third-order valence-corrected chi connectivity index (χ3v) is 5.22. The smallest absolute Gasteiger partial charge is 0.417 e. The van der Waals surface area contributed by atoms with Crippen LogP contribution in [-0.4, -0.2) is 42.0 Å². The van der Waals surface area contributed by atoms with E-state index in [9.17, 15) is 18.0 Å². The van der Waals surface area contributed by atoms with Crippen molar-refractivity contribution in [1.82, 2.24) is 4.98 Å². The number of nitrogens with zero attached hydrogens (tertiary/aromatic N) is 1. The molecule has 0 aliphatic rings. The highest BCUT2D eigenvalue weighted by molar-refractivity contribution is 7.11. The molecule has 0 saturated heterocycles. The number of alkyl halides is 3. The number of aliphatic hydroxyl groups excluding tert-OH is 1. The molecule has 32 heavy (non-hydrogen) atoms. The van der Waals surface area contributed by atoms with Gasteiger partial charge in [-0.15, -0.1) is 11.3 Å². The lowest BCUT2D eigenvalue weighted by atomic mass is 10.2. The first kappa shape index (κ1) is 23.3. The SMILES string of the molecule is C=C(C(=O)Nc1ccc(OCC(O)C(F)(F)F)cc1)c1nc(-c2ccc(OC)cc2)cs1. The maximum absolute atomic E-state index is 12.5. The maximum Gasteiger partial charge on any atom is 0.417 e. The molecule has 10 heteroatoms. The van der Waals surface area contributed by atoms with Crippen LogP contribution in [0.3, 0.4) is 0 Å². The van der Waals surface area contributed by atoms with Crippen molar-refractivity contribution in [2.24, 2.45) is 0 Å². The third-order valence-electron chi connectivity index (χ3n) is 4.32. The third kappa shape index (κ3) is 5.86. The predicted molar refractivity (Wildman–Crippen MR) is 116 cm³/mol. The van der Waals surface area contributed by atoms with Gasteiger partial charge in [-0.2, -0.15) is 13.2 Å². The van der Waals surface area contributed by atoms with E-state index in [2.05, 4.69) is 16.9 Å². The Kier molecular flexibility index (Phi) is 7.16. The molecule has 1 atom stereocenters. The highest BCUT2D eigenvalue weighted by Gasteiger charge is 2.38. The van der Waals surface area contributed by atoms with Gasteiger partial charge in [0.1, 0.15) is 23.1 Å². The highest BCUT2D eigenvalue weighted by atomic mass is 32.1. The van der Waals surface area contributed by atoms with Crippen molar-refractivity contribution in [3.8, 4) is 22.8 Å². The molecule has 168 valence electrons. The minimum absolute atomic E-state index is 0.120. The Bertz CT molecular complexity index is 1080. The molecule has 0 fully saturated rings. The van der Waals surface area contributed by atoms with E-state index in [4.69, 9.17) is 14.6 Å². The lowest BCUT2D eigenvalue weighted by molar-refractivity contribution is -0.210. The second kappa shape index (κ2) is 9.84. The second-order valence-electron chi connectivity index (χ2n) is 6.59. The molecule has 0 aliphatic carbocycles. The number of halogens is 3. The zero-order valence-electron chi connectivity index (χ0n) is 16.8. The average Bonchev–Trinajstić information content (AvgIpc) is 3.27. The number of hydrogen-bond donors (Lipinski definition) is 2. The van der Waals surface area contributed by atoms with Gasteiger partial charge in [-0.1, -0.05) is 6.58 Å². The number of carbonyl (C=O) groups excluding carboxylic acids is 1. The Balaban J connectivity index is 1.58. The molecule has 2 N–H and O–H groups in total. The summed E-state index contributed by atoms with van der Waals surface area (Å²) in [5, 5.41) is 13.9. The summed E-state index contributed by atoms with van der Waals surface area (Å²) in [4.78, 5) is 17.0. The summed E-state index contributed by atoms with van der Waals surface area (Å²) in [7, 11) is 1.58. The number of hydrogen-bond acceptors (Lipinski definition) is 6. The van der Waals surface area contributed by atoms with Crippen LogP contribution >= 0.6 is 11.3 Å². The first-order chi connectivity index (χ1) is 15.2. The highest BCUT2D eigenvalue weighted by Crippen LogP contribution is 2.28. The predicted octanol–water partition coefficient (Wildman–Crippen LogP) is 4.77. The number of aliphatic hydroxyl groups is 1. The summed E-state index contributed by atoms with van der Waals surface area (Å²) in [6.07, 6.45) is -7.33. The van der Waals surface area contributed by atoms with E-state index >= 15 is 0 Å². The van der Waals surface area contributed by atoms with Crippen LogP contribution in [0, 0.1) is 0 Å². The van der Waals surface area contributed by atoms with Crippen LogP contribution < -0.4 is 14.8 Å². The molecule has 1 heterocycles. The minimum Gasteiger partial charge on any atom is -0.497 e. The molecule has 0 radical (unpaired) electrons. The first-order valence-electron chi connectivity index (χ1n) is 9.25. The normalized spacial score (nSPS) is 12.2. The molecule has 0 bridgehead atoms. The largest absolute Gasteiger partial charge is 0.497 e. The van der Waals surface area contributed by atoms with Gasteiger partial charge in [-0.25, -0.2) is 4.98 Å². The van der Waals surface area contributed by atoms with Crippen LogP contribution in [0.1, 0.15) is 5.01 Å². The van der Waals surface area contributed by atoms with E-state index in [-0.39, 0.29) is 11.3 Å². The van der Waals surface area contributed by atoms with Crippen LogP contribution in [0.2, 0.25) is 0 Å².